The predicted octanol–water partition coefficient (Wildman–Crippen LogP) is 0.829. The minimum atomic E-state index is -0.0563. The molecule has 0 aromatic rings. The van der Waals surface area contributed by atoms with Crippen molar-refractivity contribution < 1.29 is 9.59 Å². The molecule has 6 heteroatoms. The number of amides is 2. The molecule has 3 N–H and O–H groups in total. The molecule has 2 fully saturated rings. The van der Waals surface area contributed by atoms with Gasteiger partial charge < -0.3 is 16.0 Å². The number of hydrogen-bond acceptors (Lipinski definition) is 3. The summed E-state index contributed by atoms with van der Waals surface area (Å²) in [6.45, 7) is 3.85. The van der Waals surface area contributed by atoms with Crippen LogP contribution in [0.4, 0.5) is 0 Å². The van der Waals surface area contributed by atoms with Crippen LogP contribution >= 0.6 is 12.4 Å². The van der Waals surface area contributed by atoms with E-state index in [0.717, 1.165) is 25.9 Å². The zero-order valence-corrected chi connectivity index (χ0v) is 12.9. The molecule has 2 aliphatic rings. The lowest BCUT2D eigenvalue weighted by Crippen LogP contribution is -2.51. The van der Waals surface area contributed by atoms with E-state index in [1.54, 1.807) is 0 Å². The zero-order valence-electron chi connectivity index (χ0n) is 12.1. The molecule has 0 aromatic carbocycles. The van der Waals surface area contributed by atoms with Gasteiger partial charge in [-0.3, -0.25) is 9.59 Å². The molecule has 5 nitrogen and oxygen atoms in total. The van der Waals surface area contributed by atoms with Crippen LogP contribution in [-0.2, 0) is 9.59 Å². The molecule has 1 unspecified atom stereocenters. The standard InChI is InChI=1S/C14H25N3O2.ClH/c1-10(11-7-15-8-11)14(19)16-9-13(18)17-12-5-3-2-4-6-12;/h10-12,15H,2-9H2,1H3,(H,16,19)(H,17,18);1H. The van der Waals surface area contributed by atoms with Crippen molar-refractivity contribution in [2.45, 2.75) is 45.1 Å². The van der Waals surface area contributed by atoms with Gasteiger partial charge in [-0.25, -0.2) is 0 Å². The van der Waals surface area contributed by atoms with Crippen LogP contribution in [-0.4, -0.2) is 37.5 Å². The van der Waals surface area contributed by atoms with Crippen molar-refractivity contribution in [3.63, 3.8) is 0 Å². The van der Waals surface area contributed by atoms with Gasteiger partial charge in [0.2, 0.25) is 11.8 Å². The maximum Gasteiger partial charge on any atom is 0.239 e. The summed E-state index contributed by atoms with van der Waals surface area (Å²) in [5.74, 6) is 0.342. The first-order valence-electron chi connectivity index (χ1n) is 7.44. The Morgan fingerprint density at radius 2 is 1.85 bits per heavy atom. The number of carbonyl (C=O) groups excluding carboxylic acids is 2. The summed E-state index contributed by atoms with van der Waals surface area (Å²) in [6, 6.07) is 0.311. The van der Waals surface area contributed by atoms with Crippen molar-refractivity contribution in [1.29, 1.82) is 0 Å². The third kappa shape index (κ3) is 4.94. The Morgan fingerprint density at radius 3 is 2.40 bits per heavy atom. The molecule has 0 radical (unpaired) electrons. The van der Waals surface area contributed by atoms with E-state index >= 15 is 0 Å². The summed E-state index contributed by atoms with van der Waals surface area (Å²) in [5, 5.41) is 8.90. The summed E-state index contributed by atoms with van der Waals surface area (Å²) in [6.07, 6.45) is 5.82. The molecule has 2 rings (SSSR count). The van der Waals surface area contributed by atoms with Crippen molar-refractivity contribution in [2.24, 2.45) is 11.8 Å². The first-order valence-corrected chi connectivity index (χ1v) is 7.44. The van der Waals surface area contributed by atoms with Crippen molar-refractivity contribution >= 4 is 24.2 Å². The van der Waals surface area contributed by atoms with E-state index in [1.165, 1.54) is 19.3 Å². The average molecular weight is 304 g/mol. The fraction of sp³-hybridized carbons (Fsp3) is 0.857. The predicted molar refractivity (Wildman–Crippen MR) is 80.8 cm³/mol. The highest BCUT2D eigenvalue weighted by atomic mass is 35.5. The molecule has 1 heterocycles. The first kappa shape index (κ1) is 17.2. The molecule has 0 spiro atoms. The Kier molecular flexibility index (Phi) is 7.30. The maximum absolute atomic E-state index is 11.9. The van der Waals surface area contributed by atoms with Gasteiger partial charge in [0.15, 0.2) is 0 Å². The normalized spacial score (nSPS) is 21.2. The molecule has 2 amide bonds. The quantitative estimate of drug-likeness (QED) is 0.704. The van der Waals surface area contributed by atoms with Crippen LogP contribution < -0.4 is 16.0 Å². The second-order valence-corrected chi connectivity index (χ2v) is 5.83. The lowest BCUT2D eigenvalue weighted by atomic mass is 9.88. The first-order chi connectivity index (χ1) is 9.16. The van der Waals surface area contributed by atoms with Crippen LogP contribution in [0, 0.1) is 11.8 Å². The van der Waals surface area contributed by atoms with Gasteiger partial charge >= 0.3 is 0 Å². The lowest BCUT2D eigenvalue weighted by molar-refractivity contribution is -0.130. The van der Waals surface area contributed by atoms with Gasteiger partial charge in [0, 0.05) is 12.0 Å². The number of halogens is 1. The number of nitrogens with one attached hydrogen (secondary N) is 3. The van der Waals surface area contributed by atoms with E-state index in [9.17, 15) is 9.59 Å². The molecule has 1 aliphatic heterocycles. The number of carbonyl (C=O) groups is 2. The number of hydrogen-bond donors (Lipinski definition) is 3. The Balaban J connectivity index is 0.00000200. The molecular weight excluding hydrogens is 278 g/mol. The van der Waals surface area contributed by atoms with E-state index in [-0.39, 0.29) is 36.7 Å². The van der Waals surface area contributed by atoms with E-state index in [2.05, 4.69) is 16.0 Å². The van der Waals surface area contributed by atoms with E-state index in [4.69, 9.17) is 0 Å². The van der Waals surface area contributed by atoms with Gasteiger partial charge in [0.1, 0.15) is 0 Å². The van der Waals surface area contributed by atoms with Crippen molar-refractivity contribution in [3.8, 4) is 0 Å². The summed E-state index contributed by atoms with van der Waals surface area (Å²) < 4.78 is 0. The largest absolute Gasteiger partial charge is 0.352 e. The van der Waals surface area contributed by atoms with E-state index in [0.29, 0.717) is 12.0 Å². The topological polar surface area (TPSA) is 70.2 Å². The van der Waals surface area contributed by atoms with Gasteiger partial charge in [0.05, 0.1) is 6.54 Å². The second kappa shape index (κ2) is 8.47. The van der Waals surface area contributed by atoms with Crippen molar-refractivity contribution in [2.75, 3.05) is 19.6 Å². The monoisotopic (exact) mass is 303 g/mol. The molecule has 116 valence electrons. The van der Waals surface area contributed by atoms with Crippen LogP contribution in [0.2, 0.25) is 0 Å². The molecule has 0 bridgehead atoms. The van der Waals surface area contributed by atoms with E-state index in [1.807, 2.05) is 6.92 Å². The van der Waals surface area contributed by atoms with Gasteiger partial charge in [-0.15, -0.1) is 12.4 Å². The van der Waals surface area contributed by atoms with Gasteiger partial charge in [-0.2, -0.15) is 0 Å². The Bertz CT molecular complexity index is 328. The smallest absolute Gasteiger partial charge is 0.239 e. The summed E-state index contributed by atoms with van der Waals surface area (Å²) in [4.78, 5) is 23.6. The van der Waals surface area contributed by atoms with Gasteiger partial charge in [-0.05, 0) is 31.8 Å². The Hall–Kier alpha value is -0.810. The van der Waals surface area contributed by atoms with E-state index < -0.39 is 0 Å². The van der Waals surface area contributed by atoms with Crippen LogP contribution in [0.1, 0.15) is 39.0 Å². The zero-order chi connectivity index (χ0) is 13.7. The SMILES string of the molecule is CC(C(=O)NCC(=O)NC1CCCCC1)C1CNC1.Cl. The molecular formula is C14H26ClN3O2. The molecule has 1 aliphatic carbocycles. The molecule has 1 saturated carbocycles. The third-order valence-electron chi connectivity index (χ3n) is 4.33. The van der Waals surface area contributed by atoms with Crippen molar-refractivity contribution in [3.05, 3.63) is 0 Å². The number of rotatable bonds is 5. The highest BCUT2D eigenvalue weighted by Crippen LogP contribution is 2.17. The fourth-order valence-corrected chi connectivity index (χ4v) is 2.73. The highest BCUT2D eigenvalue weighted by molar-refractivity contribution is 5.86. The average Bonchev–Trinajstić information content (AvgIpc) is 2.35. The molecule has 20 heavy (non-hydrogen) atoms. The molecule has 1 atom stereocenters. The summed E-state index contributed by atoms with van der Waals surface area (Å²) in [7, 11) is 0. The Labute approximate surface area is 127 Å². The van der Waals surface area contributed by atoms with Gasteiger partial charge in [-0.1, -0.05) is 26.2 Å². The highest BCUT2D eigenvalue weighted by Gasteiger charge is 2.28. The summed E-state index contributed by atoms with van der Waals surface area (Å²) in [5.41, 5.74) is 0. The minimum absolute atomic E-state index is 0. The van der Waals surface area contributed by atoms with Crippen LogP contribution in [0.5, 0.6) is 0 Å². The third-order valence-corrected chi connectivity index (χ3v) is 4.33. The molecule has 0 aromatic heterocycles. The Morgan fingerprint density at radius 1 is 1.20 bits per heavy atom. The molecule has 1 saturated heterocycles. The fourth-order valence-electron chi connectivity index (χ4n) is 2.73. The van der Waals surface area contributed by atoms with Crippen molar-refractivity contribution in [1.82, 2.24) is 16.0 Å². The van der Waals surface area contributed by atoms with Crippen LogP contribution in [0.15, 0.2) is 0 Å². The van der Waals surface area contributed by atoms with Crippen LogP contribution in [0.25, 0.3) is 0 Å². The minimum Gasteiger partial charge on any atom is -0.352 e. The van der Waals surface area contributed by atoms with Gasteiger partial charge in [0.25, 0.3) is 0 Å². The van der Waals surface area contributed by atoms with Crippen LogP contribution in [0.3, 0.4) is 0 Å². The summed E-state index contributed by atoms with van der Waals surface area (Å²) >= 11 is 0. The second-order valence-electron chi connectivity index (χ2n) is 5.83. The lowest BCUT2D eigenvalue weighted by Gasteiger charge is -2.31. The maximum atomic E-state index is 11.9.